The molecular formula is C15H25FN4. The number of nitrogens with one attached hydrogen (secondary N) is 2. The Kier molecular flexibility index (Phi) is 6.45. The van der Waals surface area contributed by atoms with Crippen molar-refractivity contribution in [2.75, 3.05) is 21.1 Å². The van der Waals surface area contributed by atoms with Crippen molar-refractivity contribution in [1.29, 1.82) is 0 Å². The zero-order valence-electron chi connectivity index (χ0n) is 13.0. The number of halogens is 1. The first-order valence-corrected chi connectivity index (χ1v) is 6.81. The third kappa shape index (κ3) is 5.57. The van der Waals surface area contributed by atoms with Crippen molar-refractivity contribution < 1.29 is 4.39 Å². The summed E-state index contributed by atoms with van der Waals surface area (Å²) in [6.45, 7) is 5.33. The lowest BCUT2D eigenvalue weighted by molar-refractivity contribution is 0.392. The van der Waals surface area contributed by atoms with Gasteiger partial charge in [0.15, 0.2) is 5.96 Å². The van der Waals surface area contributed by atoms with Gasteiger partial charge < -0.3 is 15.5 Å². The summed E-state index contributed by atoms with van der Waals surface area (Å²) in [7, 11) is 5.59. The van der Waals surface area contributed by atoms with Crippen LogP contribution in [-0.2, 0) is 13.1 Å². The summed E-state index contributed by atoms with van der Waals surface area (Å²) < 4.78 is 13.7. The Balaban J connectivity index is 2.68. The Morgan fingerprint density at radius 3 is 2.60 bits per heavy atom. The number of nitrogens with zero attached hydrogens (tertiary/aromatic N) is 2. The molecule has 0 aliphatic heterocycles. The highest BCUT2D eigenvalue weighted by Gasteiger charge is 2.06. The maximum absolute atomic E-state index is 13.7. The summed E-state index contributed by atoms with van der Waals surface area (Å²) in [5.74, 6) is 0.589. The molecule has 1 rings (SSSR count). The highest BCUT2D eigenvalue weighted by Crippen LogP contribution is 2.12. The average molecular weight is 280 g/mol. The van der Waals surface area contributed by atoms with E-state index in [1.807, 2.05) is 25.1 Å². The van der Waals surface area contributed by atoms with Crippen molar-refractivity contribution in [2.45, 2.75) is 33.0 Å². The second-order valence-corrected chi connectivity index (χ2v) is 5.39. The lowest BCUT2D eigenvalue weighted by Crippen LogP contribution is -2.40. The van der Waals surface area contributed by atoms with Crippen molar-refractivity contribution in [3.05, 3.63) is 35.1 Å². The molecule has 2 N–H and O–H groups in total. The third-order valence-corrected chi connectivity index (χ3v) is 2.71. The average Bonchev–Trinajstić information content (AvgIpc) is 2.37. The maximum Gasteiger partial charge on any atom is 0.191 e. The van der Waals surface area contributed by atoms with Gasteiger partial charge in [0.05, 0.1) is 0 Å². The quantitative estimate of drug-likeness (QED) is 0.640. The lowest BCUT2D eigenvalue weighted by Gasteiger charge is -2.15. The molecule has 0 aliphatic carbocycles. The zero-order chi connectivity index (χ0) is 15.1. The number of rotatable bonds is 5. The van der Waals surface area contributed by atoms with Crippen LogP contribution in [0.2, 0.25) is 0 Å². The molecule has 0 radical (unpaired) electrons. The van der Waals surface area contributed by atoms with Gasteiger partial charge in [-0.25, -0.2) is 4.39 Å². The van der Waals surface area contributed by atoms with E-state index in [-0.39, 0.29) is 5.82 Å². The van der Waals surface area contributed by atoms with E-state index in [0.29, 0.717) is 24.7 Å². The predicted molar refractivity (Wildman–Crippen MR) is 82.3 cm³/mol. The first-order valence-electron chi connectivity index (χ1n) is 6.81. The van der Waals surface area contributed by atoms with E-state index in [0.717, 1.165) is 11.5 Å². The van der Waals surface area contributed by atoms with Gasteiger partial charge >= 0.3 is 0 Å². The molecule has 0 amide bonds. The molecule has 0 unspecified atom stereocenters. The zero-order valence-corrected chi connectivity index (χ0v) is 13.0. The summed E-state index contributed by atoms with van der Waals surface area (Å²) in [5.41, 5.74) is 1.75. The van der Waals surface area contributed by atoms with Gasteiger partial charge in [-0.3, -0.25) is 4.99 Å². The molecule has 0 saturated heterocycles. The summed E-state index contributed by atoms with van der Waals surface area (Å²) in [6, 6.07) is 5.53. The van der Waals surface area contributed by atoms with Gasteiger partial charge in [0, 0.05) is 31.7 Å². The fourth-order valence-electron chi connectivity index (χ4n) is 1.85. The molecule has 0 atom stereocenters. The SMILES string of the molecule is CN=C(NCc1ccc(F)c(CN(C)C)c1)NC(C)C. The summed E-state index contributed by atoms with van der Waals surface area (Å²) in [5, 5.41) is 6.43. The van der Waals surface area contributed by atoms with Crippen LogP contribution in [0.4, 0.5) is 4.39 Å². The monoisotopic (exact) mass is 280 g/mol. The molecule has 4 nitrogen and oxygen atoms in total. The topological polar surface area (TPSA) is 39.7 Å². The highest BCUT2D eigenvalue weighted by atomic mass is 19.1. The van der Waals surface area contributed by atoms with E-state index >= 15 is 0 Å². The predicted octanol–water partition coefficient (Wildman–Crippen LogP) is 1.96. The number of guanidine groups is 1. The Labute approximate surface area is 121 Å². The largest absolute Gasteiger partial charge is 0.354 e. The standard InChI is InChI=1S/C15H25FN4/c1-11(2)19-15(17-3)18-9-12-6-7-14(16)13(8-12)10-20(4)5/h6-8,11H,9-10H2,1-5H3,(H2,17,18,19). The van der Waals surface area contributed by atoms with Gasteiger partial charge in [0.25, 0.3) is 0 Å². The first kappa shape index (κ1) is 16.4. The van der Waals surface area contributed by atoms with E-state index in [1.54, 1.807) is 13.1 Å². The van der Waals surface area contributed by atoms with E-state index in [4.69, 9.17) is 0 Å². The van der Waals surface area contributed by atoms with E-state index < -0.39 is 0 Å². The van der Waals surface area contributed by atoms with Crippen LogP contribution in [0.3, 0.4) is 0 Å². The second kappa shape index (κ2) is 7.85. The molecule has 112 valence electrons. The molecule has 0 fully saturated rings. The van der Waals surface area contributed by atoms with Gasteiger partial charge in [0.2, 0.25) is 0 Å². The molecular weight excluding hydrogens is 255 g/mol. The van der Waals surface area contributed by atoms with Gasteiger partial charge in [-0.1, -0.05) is 6.07 Å². The molecule has 0 bridgehead atoms. The molecule has 5 heteroatoms. The summed E-state index contributed by atoms with van der Waals surface area (Å²) in [4.78, 5) is 6.10. The molecule has 20 heavy (non-hydrogen) atoms. The molecule has 0 spiro atoms. The van der Waals surface area contributed by atoms with Crippen LogP contribution >= 0.6 is 0 Å². The van der Waals surface area contributed by atoms with Crippen LogP contribution in [-0.4, -0.2) is 38.0 Å². The van der Waals surface area contributed by atoms with Crippen molar-refractivity contribution in [2.24, 2.45) is 4.99 Å². The highest BCUT2D eigenvalue weighted by molar-refractivity contribution is 5.79. The fraction of sp³-hybridized carbons (Fsp3) is 0.533. The van der Waals surface area contributed by atoms with Crippen molar-refractivity contribution >= 4 is 5.96 Å². The molecule has 0 aliphatic rings. The number of benzene rings is 1. The maximum atomic E-state index is 13.7. The Hall–Kier alpha value is -1.62. The van der Waals surface area contributed by atoms with Crippen LogP contribution in [0.15, 0.2) is 23.2 Å². The minimum absolute atomic E-state index is 0.160. The Morgan fingerprint density at radius 1 is 1.35 bits per heavy atom. The van der Waals surface area contributed by atoms with E-state index in [2.05, 4.69) is 29.5 Å². The second-order valence-electron chi connectivity index (χ2n) is 5.39. The van der Waals surface area contributed by atoms with Gasteiger partial charge in [-0.15, -0.1) is 0 Å². The Morgan fingerprint density at radius 2 is 2.05 bits per heavy atom. The molecule has 0 saturated carbocycles. The van der Waals surface area contributed by atoms with Crippen molar-refractivity contribution in [1.82, 2.24) is 15.5 Å². The van der Waals surface area contributed by atoms with Crippen molar-refractivity contribution in [3.63, 3.8) is 0 Å². The minimum atomic E-state index is -0.160. The third-order valence-electron chi connectivity index (χ3n) is 2.71. The molecule has 0 heterocycles. The van der Waals surface area contributed by atoms with Crippen LogP contribution in [0, 0.1) is 5.82 Å². The van der Waals surface area contributed by atoms with E-state index in [1.165, 1.54) is 6.07 Å². The number of hydrogen-bond acceptors (Lipinski definition) is 2. The van der Waals surface area contributed by atoms with Gasteiger partial charge in [0.1, 0.15) is 5.82 Å². The number of aliphatic imine (C=N–C) groups is 1. The minimum Gasteiger partial charge on any atom is -0.354 e. The van der Waals surface area contributed by atoms with Crippen molar-refractivity contribution in [3.8, 4) is 0 Å². The van der Waals surface area contributed by atoms with E-state index in [9.17, 15) is 4.39 Å². The van der Waals surface area contributed by atoms with Gasteiger partial charge in [-0.2, -0.15) is 0 Å². The van der Waals surface area contributed by atoms with Crippen LogP contribution < -0.4 is 10.6 Å². The summed E-state index contributed by atoms with van der Waals surface area (Å²) in [6.07, 6.45) is 0. The first-order chi connectivity index (χ1) is 9.42. The summed E-state index contributed by atoms with van der Waals surface area (Å²) >= 11 is 0. The molecule has 1 aromatic carbocycles. The molecule has 0 aromatic heterocycles. The smallest absolute Gasteiger partial charge is 0.191 e. The molecule has 1 aromatic rings. The van der Waals surface area contributed by atoms with Crippen LogP contribution in [0.25, 0.3) is 0 Å². The van der Waals surface area contributed by atoms with Crippen LogP contribution in [0.5, 0.6) is 0 Å². The number of hydrogen-bond donors (Lipinski definition) is 2. The van der Waals surface area contributed by atoms with Gasteiger partial charge in [-0.05, 0) is 45.6 Å². The lowest BCUT2D eigenvalue weighted by atomic mass is 10.1. The fourth-order valence-corrected chi connectivity index (χ4v) is 1.85. The Bertz CT molecular complexity index is 455. The van der Waals surface area contributed by atoms with Crippen LogP contribution in [0.1, 0.15) is 25.0 Å². The normalized spacial score (nSPS) is 12.1.